The average Bonchev–Trinajstić information content (AvgIpc) is 2.91. The van der Waals surface area contributed by atoms with Crippen molar-refractivity contribution in [2.45, 2.75) is 24.5 Å². The number of amides is 2. The van der Waals surface area contributed by atoms with Gasteiger partial charge in [-0.3, -0.25) is 15.0 Å². The number of piperidine rings is 1. The van der Waals surface area contributed by atoms with Crippen LogP contribution in [0.15, 0.2) is 77.3 Å². The zero-order valence-electron chi connectivity index (χ0n) is 20.7. The summed E-state index contributed by atoms with van der Waals surface area (Å²) >= 11 is 3.40. The standard InChI is InChI=1S/C28H30BrN5O4/c29-20-10-8-19(9-11-20)28(38)12-14-34(15-13-28)24(36)17-32-27(37)25(22-6-1-2-7-23(22)35)33-21-5-3-4-18(16-21)26(30)31/h1-11,16,25,33,35,38H,12-15,17H2,(H3,30,31)(H,32,37). The lowest BCUT2D eigenvalue weighted by molar-refractivity contribution is -0.136. The van der Waals surface area contributed by atoms with Gasteiger partial charge in [0.1, 0.15) is 17.6 Å². The first-order chi connectivity index (χ1) is 18.2. The fraction of sp³-hybridized carbons (Fsp3) is 0.250. The molecule has 0 aliphatic carbocycles. The van der Waals surface area contributed by atoms with Gasteiger partial charge in [-0.1, -0.05) is 58.4 Å². The van der Waals surface area contributed by atoms with Crippen LogP contribution in [0.5, 0.6) is 5.75 Å². The van der Waals surface area contributed by atoms with Gasteiger partial charge in [-0.15, -0.1) is 0 Å². The van der Waals surface area contributed by atoms with Crippen molar-refractivity contribution in [3.63, 3.8) is 0 Å². The lowest BCUT2D eigenvalue weighted by Crippen LogP contribution is -2.49. The van der Waals surface area contributed by atoms with Crippen molar-refractivity contribution >= 4 is 39.3 Å². The van der Waals surface area contributed by atoms with Gasteiger partial charge in [0.15, 0.2) is 0 Å². The monoisotopic (exact) mass is 579 g/mol. The number of carbonyl (C=O) groups excluding carboxylic acids is 2. The molecule has 0 spiro atoms. The van der Waals surface area contributed by atoms with Crippen LogP contribution in [0.4, 0.5) is 5.69 Å². The fourth-order valence-electron chi connectivity index (χ4n) is 4.51. The first-order valence-corrected chi connectivity index (χ1v) is 13.0. The summed E-state index contributed by atoms with van der Waals surface area (Å²) < 4.78 is 0.927. The highest BCUT2D eigenvalue weighted by molar-refractivity contribution is 9.10. The van der Waals surface area contributed by atoms with Crippen LogP contribution < -0.4 is 16.4 Å². The lowest BCUT2D eigenvalue weighted by atomic mass is 9.84. The molecular weight excluding hydrogens is 550 g/mol. The summed E-state index contributed by atoms with van der Waals surface area (Å²) in [6.07, 6.45) is 0.783. The van der Waals surface area contributed by atoms with E-state index in [0.717, 1.165) is 10.0 Å². The van der Waals surface area contributed by atoms with Crippen LogP contribution in [0.2, 0.25) is 0 Å². The van der Waals surface area contributed by atoms with Gasteiger partial charge in [-0.25, -0.2) is 0 Å². The molecule has 9 nitrogen and oxygen atoms in total. The van der Waals surface area contributed by atoms with Gasteiger partial charge in [-0.2, -0.15) is 0 Å². The molecule has 7 N–H and O–H groups in total. The minimum atomic E-state index is -1.00. The van der Waals surface area contributed by atoms with E-state index in [4.69, 9.17) is 11.1 Å². The molecule has 1 heterocycles. The first-order valence-electron chi connectivity index (χ1n) is 12.2. The van der Waals surface area contributed by atoms with Crippen molar-refractivity contribution in [2.24, 2.45) is 5.73 Å². The van der Waals surface area contributed by atoms with Gasteiger partial charge in [-0.05, 0) is 48.7 Å². The number of amidine groups is 1. The minimum Gasteiger partial charge on any atom is -0.508 e. The summed E-state index contributed by atoms with van der Waals surface area (Å²) in [7, 11) is 0. The Labute approximate surface area is 229 Å². The number of aliphatic hydroxyl groups is 1. The molecule has 38 heavy (non-hydrogen) atoms. The molecule has 198 valence electrons. The number of halogens is 1. The summed E-state index contributed by atoms with van der Waals surface area (Å²) in [6, 6.07) is 19.7. The highest BCUT2D eigenvalue weighted by Crippen LogP contribution is 2.33. The molecule has 3 aromatic rings. The van der Waals surface area contributed by atoms with Gasteiger partial charge < -0.3 is 31.5 Å². The van der Waals surface area contributed by atoms with Crippen LogP contribution >= 0.6 is 15.9 Å². The number of carbonyl (C=O) groups is 2. The quantitative estimate of drug-likeness (QED) is 0.178. The van der Waals surface area contributed by atoms with Crippen LogP contribution in [-0.2, 0) is 15.2 Å². The van der Waals surface area contributed by atoms with E-state index in [1.807, 2.05) is 24.3 Å². The molecule has 1 atom stereocenters. The number of phenols is 1. The van der Waals surface area contributed by atoms with E-state index in [0.29, 0.717) is 42.7 Å². The number of nitrogens with one attached hydrogen (secondary N) is 3. The SMILES string of the molecule is N=C(N)c1cccc(NC(C(=O)NCC(=O)N2CCC(O)(c3ccc(Br)cc3)CC2)c2ccccc2O)c1. The zero-order valence-corrected chi connectivity index (χ0v) is 22.2. The molecule has 4 rings (SSSR count). The Morgan fingerprint density at radius 2 is 1.74 bits per heavy atom. The molecule has 0 radical (unpaired) electrons. The predicted molar refractivity (Wildman–Crippen MR) is 149 cm³/mol. The largest absolute Gasteiger partial charge is 0.508 e. The number of aromatic hydroxyl groups is 1. The second kappa shape index (κ2) is 11.7. The van der Waals surface area contributed by atoms with Gasteiger partial charge in [0.05, 0.1) is 12.1 Å². The second-order valence-electron chi connectivity index (χ2n) is 9.27. The molecule has 1 saturated heterocycles. The molecule has 1 aliphatic rings. The third kappa shape index (κ3) is 6.32. The van der Waals surface area contributed by atoms with E-state index in [-0.39, 0.29) is 24.0 Å². The summed E-state index contributed by atoms with van der Waals surface area (Å²) in [6.45, 7) is 0.495. The summed E-state index contributed by atoms with van der Waals surface area (Å²) in [4.78, 5) is 27.8. The maximum absolute atomic E-state index is 13.3. The third-order valence-corrected chi connectivity index (χ3v) is 7.26. The number of nitrogen functional groups attached to an aromatic ring is 1. The molecule has 3 aromatic carbocycles. The van der Waals surface area contributed by atoms with Crippen LogP contribution in [0.3, 0.4) is 0 Å². The maximum atomic E-state index is 13.3. The van der Waals surface area contributed by atoms with Crippen LogP contribution in [0, 0.1) is 5.41 Å². The average molecular weight is 580 g/mol. The summed E-state index contributed by atoms with van der Waals surface area (Å²) in [5.41, 5.74) is 6.74. The van der Waals surface area contributed by atoms with Gasteiger partial charge in [0, 0.05) is 34.4 Å². The van der Waals surface area contributed by atoms with E-state index in [2.05, 4.69) is 26.6 Å². The molecule has 1 aliphatic heterocycles. The van der Waals surface area contributed by atoms with Crippen molar-refractivity contribution in [1.82, 2.24) is 10.2 Å². The molecule has 0 saturated carbocycles. The van der Waals surface area contributed by atoms with E-state index >= 15 is 0 Å². The number of hydrogen-bond acceptors (Lipinski definition) is 6. The van der Waals surface area contributed by atoms with E-state index < -0.39 is 17.6 Å². The topological polar surface area (TPSA) is 152 Å². The Bertz CT molecular complexity index is 1320. The Morgan fingerprint density at radius 1 is 1.05 bits per heavy atom. The number of hydrogen-bond donors (Lipinski definition) is 6. The lowest BCUT2D eigenvalue weighted by Gasteiger charge is -2.38. The van der Waals surface area contributed by atoms with Crippen molar-refractivity contribution in [2.75, 3.05) is 25.0 Å². The Hall–Kier alpha value is -3.89. The number of nitrogens with zero attached hydrogens (tertiary/aromatic N) is 1. The van der Waals surface area contributed by atoms with Crippen LogP contribution in [0.1, 0.15) is 35.6 Å². The molecule has 10 heteroatoms. The van der Waals surface area contributed by atoms with E-state index in [1.54, 1.807) is 47.4 Å². The van der Waals surface area contributed by atoms with E-state index in [9.17, 15) is 19.8 Å². The first kappa shape index (κ1) is 27.2. The van der Waals surface area contributed by atoms with Crippen molar-refractivity contribution in [3.05, 3.63) is 94.0 Å². The Balaban J connectivity index is 1.41. The zero-order chi connectivity index (χ0) is 27.3. The normalized spacial score (nSPS) is 15.4. The van der Waals surface area contributed by atoms with E-state index in [1.165, 1.54) is 6.07 Å². The fourth-order valence-corrected chi connectivity index (χ4v) is 4.78. The number of phenolic OH excluding ortho intramolecular Hbond substituents is 1. The third-order valence-electron chi connectivity index (χ3n) is 6.73. The molecular formula is C28H30BrN5O4. The number of benzene rings is 3. The molecule has 0 aromatic heterocycles. The number of para-hydroxylation sites is 1. The predicted octanol–water partition coefficient (Wildman–Crippen LogP) is 3.22. The Morgan fingerprint density at radius 3 is 2.39 bits per heavy atom. The number of rotatable bonds is 8. The van der Waals surface area contributed by atoms with Crippen LogP contribution in [-0.4, -0.2) is 52.4 Å². The highest BCUT2D eigenvalue weighted by atomic mass is 79.9. The molecule has 2 amide bonds. The van der Waals surface area contributed by atoms with Crippen molar-refractivity contribution in [1.29, 1.82) is 5.41 Å². The van der Waals surface area contributed by atoms with Crippen molar-refractivity contribution in [3.8, 4) is 5.75 Å². The summed E-state index contributed by atoms with van der Waals surface area (Å²) in [5.74, 6) is -0.948. The van der Waals surface area contributed by atoms with Crippen molar-refractivity contribution < 1.29 is 19.8 Å². The maximum Gasteiger partial charge on any atom is 0.247 e. The van der Waals surface area contributed by atoms with Gasteiger partial charge in [0.25, 0.3) is 0 Å². The minimum absolute atomic E-state index is 0.0718. The highest BCUT2D eigenvalue weighted by Gasteiger charge is 2.35. The second-order valence-corrected chi connectivity index (χ2v) is 10.2. The number of likely N-dealkylation sites (tertiary alicyclic amines) is 1. The molecule has 0 bridgehead atoms. The molecule has 1 fully saturated rings. The van der Waals surface area contributed by atoms with Gasteiger partial charge in [0.2, 0.25) is 11.8 Å². The smallest absolute Gasteiger partial charge is 0.247 e. The summed E-state index contributed by atoms with van der Waals surface area (Å²) in [5, 5.41) is 34.9. The number of nitrogens with two attached hydrogens (primary N) is 1. The number of anilines is 1. The van der Waals surface area contributed by atoms with Gasteiger partial charge >= 0.3 is 0 Å². The molecule has 1 unspecified atom stereocenters. The van der Waals surface area contributed by atoms with Crippen LogP contribution in [0.25, 0.3) is 0 Å². The Kier molecular flexibility index (Phi) is 8.33.